The topological polar surface area (TPSA) is 58.6 Å². The quantitative estimate of drug-likeness (QED) is 0.901. The molecule has 0 saturated heterocycles. The van der Waals surface area contributed by atoms with Crippen LogP contribution in [0.4, 0.5) is 10.5 Å². The molecule has 0 radical (unpaired) electrons. The summed E-state index contributed by atoms with van der Waals surface area (Å²) in [5, 5.41) is 2.44. The number of anilines is 1. The number of alkyl carbamates (subject to hydrolysis) is 1. The lowest BCUT2D eigenvalue weighted by Gasteiger charge is -2.23. The summed E-state index contributed by atoms with van der Waals surface area (Å²) < 4.78 is 4.48. The molecule has 1 aromatic rings. The molecule has 1 aliphatic heterocycles. The summed E-state index contributed by atoms with van der Waals surface area (Å²) in [5.74, 6) is 0.328. The Hall–Kier alpha value is -2.04. The molecule has 0 fully saturated rings. The third kappa shape index (κ3) is 3.10. The number of ether oxygens (including phenoxy) is 1. The Kier molecular flexibility index (Phi) is 4.61. The van der Waals surface area contributed by atoms with E-state index < -0.39 is 6.09 Å². The van der Waals surface area contributed by atoms with Crippen molar-refractivity contribution in [2.45, 2.75) is 25.7 Å². The van der Waals surface area contributed by atoms with Gasteiger partial charge in [-0.25, -0.2) is 4.79 Å². The maximum atomic E-state index is 12.3. The van der Waals surface area contributed by atoms with E-state index >= 15 is 0 Å². The van der Waals surface area contributed by atoms with Gasteiger partial charge in [-0.2, -0.15) is 0 Å². The zero-order valence-electron chi connectivity index (χ0n) is 11.9. The smallest absolute Gasteiger partial charge is 0.407 e. The van der Waals surface area contributed by atoms with Crippen LogP contribution in [0.5, 0.6) is 0 Å². The summed E-state index contributed by atoms with van der Waals surface area (Å²) in [6.07, 6.45) is 1.43. The standard InChI is InChI=1S/C15H20N2O3/c1-11-6-5-9-17(13-8-4-3-7-12(11)13)14(18)10-16-15(19)20-2/h3-4,7-8,11H,5-6,9-10H2,1-2H3,(H,16,19). The first-order valence-electron chi connectivity index (χ1n) is 6.84. The van der Waals surface area contributed by atoms with Crippen LogP contribution in [0, 0.1) is 0 Å². The van der Waals surface area contributed by atoms with Crippen LogP contribution in [0.15, 0.2) is 24.3 Å². The summed E-state index contributed by atoms with van der Waals surface area (Å²) in [5.41, 5.74) is 2.14. The van der Waals surface area contributed by atoms with Crippen molar-refractivity contribution in [3.8, 4) is 0 Å². The normalized spacial score (nSPS) is 17.9. The molecule has 2 rings (SSSR count). The molecule has 1 heterocycles. The van der Waals surface area contributed by atoms with Crippen LogP contribution in [0.3, 0.4) is 0 Å². The minimum atomic E-state index is -0.588. The van der Waals surface area contributed by atoms with Crippen molar-refractivity contribution in [3.05, 3.63) is 29.8 Å². The van der Waals surface area contributed by atoms with Crippen LogP contribution in [0.2, 0.25) is 0 Å². The number of nitrogens with one attached hydrogen (secondary N) is 1. The second kappa shape index (κ2) is 6.41. The van der Waals surface area contributed by atoms with E-state index in [1.54, 1.807) is 4.90 Å². The number of benzene rings is 1. The Morgan fingerprint density at radius 1 is 1.40 bits per heavy atom. The molecule has 5 heteroatoms. The molecule has 1 aromatic carbocycles. The second-order valence-electron chi connectivity index (χ2n) is 4.99. The zero-order chi connectivity index (χ0) is 14.5. The fourth-order valence-electron chi connectivity index (χ4n) is 2.56. The van der Waals surface area contributed by atoms with Crippen molar-refractivity contribution in [1.29, 1.82) is 0 Å². The molecule has 20 heavy (non-hydrogen) atoms. The average Bonchev–Trinajstić information content (AvgIpc) is 2.64. The van der Waals surface area contributed by atoms with Gasteiger partial charge in [0.25, 0.3) is 0 Å². The minimum absolute atomic E-state index is 0.0462. The van der Waals surface area contributed by atoms with E-state index in [9.17, 15) is 9.59 Å². The molecule has 1 N–H and O–H groups in total. The molecule has 1 aliphatic rings. The molecule has 5 nitrogen and oxygen atoms in total. The third-order valence-electron chi connectivity index (χ3n) is 3.65. The molecule has 1 unspecified atom stereocenters. The first-order valence-corrected chi connectivity index (χ1v) is 6.84. The van der Waals surface area contributed by atoms with Crippen molar-refractivity contribution in [3.63, 3.8) is 0 Å². The fourth-order valence-corrected chi connectivity index (χ4v) is 2.56. The van der Waals surface area contributed by atoms with Crippen LogP contribution in [0.25, 0.3) is 0 Å². The van der Waals surface area contributed by atoms with Crippen LogP contribution < -0.4 is 10.2 Å². The van der Waals surface area contributed by atoms with Gasteiger partial charge in [-0.05, 0) is 30.4 Å². The largest absolute Gasteiger partial charge is 0.453 e. The predicted octanol–water partition coefficient (Wildman–Crippen LogP) is 2.27. The van der Waals surface area contributed by atoms with Gasteiger partial charge in [0.15, 0.2) is 0 Å². The van der Waals surface area contributed by atoms with E-state index in [-0.39, 0.29) is 12.5 Å². The number of para-hydroxylation sites is 1. The highest BCUT2D eigenvalue weighted by atomic mass is 16.5. The zero-order valence-corrected chi connectivity index (χ0v) is 11.9. The highest BCUT2D eigenvalue weighted by Gasteiger charge is 2.24. The van der Waals surface area contributed by atoms with E-state index in [0.717, 1.165) is 18.5 Å². The summed E-state index contributed by atoms with van der Waals surface area (Å²) >= 11 is 0. The number of carbonyl (C=O) groups excluding carboxylic acids is 2. The SMILES string of the molecule is COC(=O)NCC(=O)N1CCCC(C)c2ccccc21. The van der Waals surface area contributed by atoms with Gasteiger partial charge in [-0.1, -0.05) is 25.1 Å². The Bertz CT molecular complexity index is 502. The number of hydrogen-bond acceptors (Lipinski definition) is 3. The van der Waals surface area contributed by atoms with Gasteiger partial charge >= 0.3 is 6.09 Å². The number of nitrogens with zero attached hydrogens (tertiary/aromatic N) is 1. The molecular weight excluding hydrogens is 256 g/mol. The lowest BCUT2D eigenvalue weighted by Crippen LogP contribution is -2.40. The van der Waals surface area contributed by atoms with Crippen molar-refractivity contribution in [2.75, 3.05) is 25.1 Å². The number of carbonyl (C=O) groups is 2. The highest BCUT2D eigenvalue weighted by molar-refractivity contribution is 5.97. The Morgan fingerprint density at radius 2 is 2.15 bits per heavy atom. The van der Waals surface area contributed by atoms with Crippen LogP contribution in [-0.4, -0.2) is 32.2 Å². The van der Waals surface area contributed by atoms with Crippen LogP contribution in [0.1, 0.15) is 31.2 Å². The number of methoxy groups -OCH3 is 1. The molecule has 1 atom stereocenters. The van der Waals surface area contributed by atoms with Gasteiger partial charge in [0, 0.05) is 12.2 Å². The van der Waals surface area contributed by atoms with Crippen LogP contribution in [-0.2, 0) is 9.53 Å². The third-order valence-corrected chi connectivity index (χ3v) is 3.65. The summed E-state index contributed by atoms with van der Waals surface area (Å²) in [4.78, 5) is 25.1. The predicted molar refractivity (Wildman–Crippen MR) is 76.9 cm³/mol. The Morgan fingerprint density at radius 3 is 2.90 bits per heavy atom. The molecule has 2 amide bonds. The lowest BCUT2D eigenvalue weighted by molar-refractivity contribution is -0.117. The Balaban J connectivity index is 2.17. The number of amides is 2. The van der Waals surface area contributed by atoms with E-state index in [1.165, 1.54) is 12.7 Å². The molecular formula is C15H20N2O3. The number of rotatable bonds is 2. The average molecular weight is 276 g/mol. The maximum Gasteiger partial charge on any atom is 0.407 e. The maximum absolute atomic E-state index is 12.3. The molecule has 0 saturated carbocycles. The number of hydrogen-bond donors (Lipinski definition) is 1. The van der Waals surface area contributed by atoms with Gasteiger partial charge in [0.1, 0.15) is 6.54 Å². The van der Waals surface area contributed by atoms with Gasteiger partial charge in [0.2, 0.25) is 5.91 Å². The van der Waals surface area contributed by atoms with E-state index in [2.05, 4.69) is 23.0 Å². The monoisotopic (exact) mass is 276 g/mol. The molecule has 0 spiro atoms. The number of fused-ring (bicyclic) bond motifs is 1. The molecule has 0 bridgehead atoms. The summed E-state index contributed by atoms with van der Waals surface area (Å²) in [7, 11) is 1.28. The minimum Gasteiger partial charge on any atom is -0.453 e. The highest BCUT2D eigenvalue weighted by Crippen LogP contribution is 2.33. The molecule has 108 valence electrons. The van der Waals surface area contributed by atoms with Crippen LogP contribution >= 0.6 is 0 Å². The summed E-state index contributed by atoms with van der Waals surface area (Å²) in [6, 6.07) is 7.97. The first-order chi connectivity index (χ1) is 9.63. The van der Waals surface area contributed by atoms with Gasteiger partial charge < -0.3 is 15.0 Å². The van der Waals surface area contributed by atoms with E-state index in [4.69, 9.17) is 0 Å². The van der Waals surface area contributed by atoms with Gasteiger partial charge in [-0.3, -0.25) is 4.79 Å². The summed E-state index contributed by atoms with van der Waals surface area (Å²) in [6.45, 7) is 2.82. The van der Waals surface area contributed by atoms with Crippen molar-refractivity contribution < 1.29 is 14.3 Å². The van der Waals surface area contributed by atoms with E-state index in [0.29, 0.717) is 12.5 Å². The Labute approximate surface area is 118 Å². The van der Waals surface area contributed by atoms with Gasteiger partial charge in [-0.15, -0.1) is 0 Å². The van der Waals surface area contributed by atoms with Gasteiger partial charge in [0.05, 0.1) is 7.11 Å². The molecule has 0 aromatic heterocycles. The van der Waals surface area contributed by atoms with Crippen molar-refractivity contribution in [2.24, 2.45) is 0 Å². The van der Waals surface area contributed by atoms with Crippen molar-refractivity contribution >= 4 is 17.7 Å². The first kappa shape index (κ1) is 14.4. The molecule has 0 aliphatic carbocycles. The second-order valence-corrected chi connectivity index (χ2v) is 4.99. The fraction of sp³-hybridized carbons (Fsp3) is 0.467. The van der Waals surface area contributed by atoms with E-state index in [1.807, 2.05) is 18.2 Å². The van der Waals surface area contributed by atoms with Crippen molar-refractivity contribution in [1.82, 2.24) is 5.32 Å². The lowest BCUT2D eigenvalue weighted by atomic mass is 9.96.